The summed E-state index contributed by atoms with van der Waals surface area (Å²) in [6.07, 6.45) is -1.04. The van der Waals surface area contributed by atoms with Crippen molar-refractivity contribution in [2.24, 2.45) is 16.9 Å². The predicted molar refractivity (Wildman–Crippen MR) is 75.4 cm³/mol. The summed E-state index contributed by atoms with van der Waals surface area (Å²) in [4.78, 5) is 16.2. The fourth-order valence-corrected chi connectivity index (χ4v) is 3.31. The van der Waals surface area contributed by atoms with Gasteiger partial charge in [-0.15, -0.1) is 0 Å². The van der Waals surface area contributed by atoms with Gasteiger partial charge in [0.05, 0.1) is 11.5 Å². The first-order chi connectivity index (χ1) is 10.8. The number of amides is 1. The van der Waals surface area contributed by atoms with Crippen molar-refractivity contribution in [2.75, 3.05) is 0 Å². The molecule has 0 aromatic carbocycles. The maximum absolute atomic E-state index is 13.6. The average Bonchev–Trinajstić information content (AvgIpc) is 2.83. The monoisotopic (exact) mass is 327 g/mol. The third-order valence-corrected chi connectivity index (χ3v) is 4.53. The minimum Gasteiger partial charge on any atom is -0.362 e. The highest BCUT2D eigenvalue weighted by molar-refractivity contribution is 5.99. The van der Waals surface area contributed by atoms with Gasteiger partial charge < -0.3 is 5.11 Å². The van der Waals surface area contributed by atoms with Crippen LogP contribution >= 0.6 is 0 Å². The molecule has 1 saturated carbocycles. The SMILES string of the molecule is C[C@@H]1CCC[C@H]2C1=NN(C(=O)c1cccnc1)[C@]2(O)C(F)(F)F. The molecule has 23 heavy (non-hydrogen) atoms. The molecule has 2 heterocycles. The molecule has 1 fully saturated rings. The van der Waals surface area contributed by atoms with E-state index >= 15 is 0 Å². The van der Waals surface area contributed by atoms with Crippen molar-refractivity contribution in [2.45, 2.75) is 38.1 Å². The zero-order valence-corrected chi connectivity index (χ0v) is 12.4. The highest BCUT2D eigenvalue weighted by Gasteiger charge is 2.69. The van der Waals surface area contributed by atoms with E-state index in [2.05, 4.69) is 10.1 Å². The summed E-state index contributed by atoms with van der Waals surface area (Å²) in [5, 5.41) is 14.6. The summed E-state index contributed by atoms with van der Waals surface area (Å²) < 4.78 is 40.9. The Balaban J connectivity index is 2.07. The molecule has 0 spiro atoms. The predicted octanol–water partition coefficient (Wildman–Crippen LogP) is 2.58. The molecule has 1 aromatic heterocycles. The van der Waals surface area contributed by atoms with Crippen LogP contribution < -0.4 is 0 Å². The summed E-state index contributed by atoms with van der Waals surface area (Å²) in [6, 6.07) is 2.79. The number of hydrogen-bond donors (Lipinski definition) is 1. The molecule has 0 bridgehead atoms. The number of pyridine rings is 1. The first-order valence-corrected chi connectivity index (χ1v) is 7.39. The average molecular weight is 327 g/mol. The number of hydrazone groups is 1. The van der Waals surface area contributed by atoms with E-state index in [0.717, 1.165) is 6.20 Å². The molecule has 2 aliphatic rings. The highest BCUT2D eigenvalue weighted by atomic mass is 19.4. The van der Waals surface area contributed by atoms with E-state index in [1.807, 2.05) is 0 Å². The Morgan fingerprint density at radius 2 is 2.17 bits per heavy atom. The van der Waals surface area contributed by atoms with Crippen LogP contribution in [0.5, 0.6) is 0 Å². The Bertz CT molecular complexity index is 647. The van der Waals surface area contributed by atoms with Crippen molar-refractivity contribution in [3.8, 4) is 0 Å². The lowest BCUT2D eigenvalue weighted by Crippen LogP contribution is -2.61. The van der Waals surface area contributed by atoms with Crippen LogP contribution in [-0.2, 0) is 0 Å². The van der Waals surface area contributed by atoms with Gasteiger partial charge in [0.25, 0.3) is 11.6 Å². The van der Waals surface area contributed by atoms with Crippen molar-refractivity contribution in [3.63, 3.8) is 0 Å². The van der Waals surface area contributed by atoms with E-state index in [9.17, 15) is 23.1 Å². The van der Waals surface area contributed by atoms with Gasteiger partial charge in [0, 0.05) is 18.1 Å². The van der Waals surface area contributed by atoms with Crippen molar-refractivity contribution in [3.05, 3.63) is 30.1 Å². The van der Waals surface area contributed by atoms with E-state index in [4.69, 9.17) is 0 Å². The lowest BCUT2D eigenvalue weighted by atomic mass is 9.75. The number of nitrogens with zero attached hydrogens (tertiary/aromatic N) is 3. The van der Waals surface area contributed by atoms with Crippen molar-refractivity contribution >= 4 is 11.6 Å². The molecule has 0 saturated heterocycles. The van der Waals surface area contributed by atoms with Crippen LogP contribution in [0, 0.1) is 11.8 Å². The number of alkyl halides is 3. The Labute approximate surface area is 130 Å². The number of hydrogen-bond acceptors (Lipinski definition) is 4. The van der Waals surface area contributed by atoms with Gasteiger partial charge in [0.2, 0.25) is 0 Å². The van der Waals surface area contributed by atoms with Gasteiger partial charge in [-0.05, 0) is 30.9 Å². The zero-order chi connectivity index (χ0) is 16.8. The van der Waals surface area contributed by atoms with Gasteiger partial charge in [0.1, 0.15) is 0 Å². The largest absolute Gasteiger partial charge is 0.439 e. The third kappa shape index (κ3) is 2.32. The van der Waals surface area contributed by atoms with Gasteiger partial charge in [-0.2, -0.15) is 23.3 Å². The fourth-order valence-electron chi connectivity index (χ4n) is 3.31. The molecule has 1 aromatic rings. The van der Waals surface area contributed by atoms with Gasteiger partial charge in [-0.25, -0.2) is 0 Å². The second kappa shape index (κ2) is 5.30. The quantitative estimate of drug-likeness (QED) is 0.862. The van der Waals surface area contributed by atoms with E-state index in [0.29, 0.717) is 12.8 Å². The smallest absolute Gasteiger partial charge is 0.362 e. The molecule has 0 radical (unpaired) electrons. The number of fused-ring (bicyclic) bond motifs is 1. The molecule has 5 nitrogen and oxygen atoms in total. The van der Waals surface area contributed by atoms with E-state index in [1.54, 1.807) is 6.92 Å². The zero-order valence-electron chi connectivity index (χ0n) is 12.4. The van der Waals surface area contributed by atoms with Crippen molar-refractivity contribution in [1.29, 1.82) is 0 Å². The molecular weight excluding hydrogens is 311 g/mol. The summed E-state index contributed by atoms with van der Waals surface area (Å²) in [7, 11) is 0. The number of rotatable bonds is 1. The second-order valence-electron chi connectivity index (χ2n) is 5.99. The van der Waals surface area contributed by atoms with E-state index in [-0.39, 0.29) is 28.6 Å². The maximum Gasteiger partial charge on any atom is 0.439 e. The first-order valence-electron chi connectivity index (χ1n) is 7.39. The Morgan fingerprint density at radius 1 is 1.43 bits per heavy atom. The normalized spacial score (nSPS) is 30.8. The molecule has 1 amide bonds. The number of aromatic nitrogens is 1. The number of carbonyl (C=O) groups excluding carboxylic acids is 1. The highest BCUT2D eigenvalue weighted by Crippen LogP contribution is 2.49. The Hall–Kier alpha value is -1.96. The van der Waals surface area contributed by atoms with Crippen LogP contribution in [0.1, 0.15) is 36.5 Å². The molecule has 3 rings (SSSR count). The standard InChI is InChI=1S/C15H16F3N3O2/c1-9-4-2-6-11-12(9)20-21(14(11,23)15(16,17)18)13(22)10-5-3-7-19-8-10/h3,5,7-9,11,23H,2,4,6H2,1H3/t9-,11+,14-/m1/s1. The summed E-state index contributed by atoms with van der Waals surface area (Å²) in [5.74, 6) is -2.42. The second-order valence-corrected chi connectivity index (χ2v) is 5.99. The van der Waals surface area contributed by atoms with Gasteiger partial charge in [0.15, 0.2) is 0 Å². The van der Waals surface area contributed by atoms with Crippen LogP contribution in [0.3, 0.4) is 0 Å². The van der Waals surface area contributed by atoms with E-state index < -0.39 is 23.7 Å². The molecule has 1 N–H and O–H groups in total. The van der Waals surface area contributed by atoms with Crippen LogP contribution in [0.25, 0.3) is 0 Å². The molecule has 8 heteroatoms. The van der Waals surface area contributed by atoms with Gasteiger partial charge in [-0.1, -0.05) is 13.3 Å². The lowest BCUT2D eigenvalue weighted by molar-refractivity contribution is -0.312. The number of carbonyl (C=O) groups is 1. The van der Waals surface area contributed by atoms with Crippen LogP contribution in [0.4, 0.5) is 13.2 Å². The summed E-state index contributed by atoms with van der Waals surface area (Å²) in [5.41, 5.74) is -3.11. The summed E-state index contributed by atoms with van der Waals surface area (Å²) in [6.45, 7) is 1.76. The minimum atomic E-state index is -5.00. The van der Waals surface area contributed by atoms with Crippen LogP contribution in [-0.4, -0.2) is 38.6 Å². The van der Waals surface area contributed by atoms with Gasteiger partial charge >= 0.3 is 6.18 Å². The van der Waals surface area contributed by atoms with Crippen LogP contribution in [0.15, 0.2) is 29.6 Å². The minimum absolute atomic E-state index is 0.0502. The Kier molecular flexibility index (Phi) is 3.66. The van der Waals surface area contributed by atoms with Gasteiger partial charge in [-0.3, -0.25) is 9.78 Å². The topological polar surface area (TPSA) is 65.8 Å². The molecule has 1 aliphatic carbocycles. The van der Waals surface area contributed by atoms with Crippen LogP contribution in [0.2, 0.25) is 0 Å². The van der Waals surface area contributed by atoms with E-state index in [1.165, 1.54) is 18.3 Å². The lowest BCUT2D eigenvalue weighted by Gasteiger charge is -2.39. The fraction of sp³-hybridized carbons (Fsp3) is 0.533. The molecule has 124 valence electrons. The third-order valence-electron chi connectivity index (χ3n) is 4.53. The molecule has 1 aliphatic heterocycles. The van der Waals surface area contributed by atoms with Crippen molar-refractivity contribution in [1.82, 2.24) is 9.99 Å². The Morgan fingerprint density at radius 3 is 2.78 bits per heavy atom. The number of aliphatic hydroxyl groups is 1. The maximum atomic E-state index is 13.6. The first kappa shape index (κ1) is 15.9. The molecular formula is C15H16F3N3O2. The molecule has 0 unspecified atom stereocenters. The summed E-state index contributed by atoms with van der Waals surface area (Å²) >= 11 is 0. The van der Waals surface area contributed by atoms with Crippen molar-refractivity contribution < 1.29 is 23.1 Å². The number of halogens is 3. The molecule has 3 atom stereocenters.